The summed E-state index contributed by atoms with van der Waals surface area (Å²) in [5.41, 5.74) is 5.21. The van der Waals surface area contributed by atoms with Crippen LogP contribution in [0.3, 0.4) is 0 Å². The summed E-state index contributed by atoms with van der Waals surface area (Å²) in [4.78, 5) is 2.40. The molecule has 0 fully saturated rings. The number of rotatable bonds is 4. The smallest absolute Gasteiger partial charge is 0.220 e. The standard InChI is InChI=1S/C21H25N2/c1-5-23(6-2)18-12-11-16(3)20(15-18)21-19-10-8-7-9-17(19)13-14-22(21)4/h7-15H,5-6H2,1-4H3/q+1. The number of aryl methyl sites for hydroxylation is 2. The number of pyridine rings is 1. The predicted molar refractivity (Wildman–Crippen MR) is 98.9 cm³/mol. The fourth-order valence-electron chi connectivity index (χ4n) is 3.30. The number of nitrogens with zero attached hydrogens (tertiary/aromatic N) is 2. The molecule has 1 heterocycles. The lowest BCUT2D eigenvalue weighted by Gasteiger charge is -2.22. The molecule has 23 heavy (non-hydrogen) atoms. The topological polar surface area (TPSA) is 7.12 Å². The lowest BCUT2D eigenvalue weighted by atomic mass is 9.98. The highest BCUT2D eigenvalue weighted by molar-refractivity contribution is 5.94. The first kappa shape index (κ1) is 15.5. The zero-order chi connectivity index (χ0) is 16.4. The summed E-state index contributed by atoms with van der Waals surface area (Å²) in [7, 11) is 2.13. The van der Waals surface area contributed by atoms with E-state index < -0.39 is 0 Å². The van der Waals surface area contributed by atoms with Gasteiger partial charge in [0.05, 0.1) is 10.9 Å². The molecular weight excluding hydrogens is 280 g/mol. The van der Waals surface area contributed by atoms with Crippen molar-refractivity contribution in [2.45, 2.75) is 20.8 Å². The number of anilines is 1. The summed E-state index contributed by atoms with van der Waals surface area (Å²) >= 11 is 0. The Kier molecular flexibility index (Phi) is 4.33. The van der Waals surface area contributed by atoms with Crippen molar-refractivity contribution in [1.82, 2.24) is 0 Å². The van der Waals surface area contributed by atoms with Crippen molar-refractivity contribution in [3.05, 3.63) is 60.3 Å². The maximum Gasteiger partial charge on any atom is 0.220 e. The Morgan fingerprint density at radius 1 is 0.957 bits per heavy atom. The molecule has 0 aliphatic rings. The fraction of sp³-hybridized carbons (Fsp3) is 0.286. The van der Waals surface area contributed by atoms with Crippen molar-refractivity contribution in [3.63, 3.8) is 0 Å². The zero-order valence-electron chi connectivity index (χ0n) is 14.5. The van der Waals surface area contributed by atoms with Crippen LogP contribution in [-0.4, -0.2) is 13.1 Å². The first-order valence-corrected chi connectivity index (χ1v) is 8.39. The van der Waals surface area contributed by atoms with Gasteiger partial charge in [-0.3, -0.25) is 0 Å². The number of aromatic nitrogens is 1. The van der Waals surface area contributed by atoms with Crippen LogP contribution in [0.4, 0.5) is 5.69 Å². The Morgan fingerprint density at radius 3 is 2.43 bits per heavy atom. The molecule has 2 heteroatoms. The molecule has 3 aromatic rings. The Morgan fingerprint density at radius 2 is 1.70 bits per heavy atom. The second-order valence-corrected chi connectivity index (χ2v) is 6.03. The van der Waals surface area contributed by atoms with E-state index >= 15 is 0 Å². The molecule has 3 rings (SSSR count). The van der Waals surface area contributed by atoms with E-state index in [9.17, 15) is 0 Å². The molecule has 0 aliphatic carbocycles. The van der Waals surface area contributed by atoms with Gasteiger partial charge in [-0.25, -0.2) is 4.57 Å². The lowest BCUT2D eigenvalue weighted by Crippen LogP contribution is -2.31. The molecule has 0 spiro atoms. The van der Waals surface area contributed by atoms with Gasteiger partial charge in [0.25, 0.3) is 0 Å². The molecule has 0 N–H and O–H groups in total. The van der Waals surface area contributed by atoms with Gasteiger partial charge in [-0.05, 0) is 49.9 Å². The van der Waals surface area contributed by atoms with Crippen LogP contribution in [0.15, 0.2) is 54.7 Å². The number of hydrogen-bond donors (Lipinski definition) is 0. The summed E-state index contributed by atoms with van der Waals surface area (Å²) in [5, 5.41) is 2.59. The van der Waals surface area contributed by atoms with Crippen LogP contribution in [0.1, 0.15) is 19.4 Å². The van der Waals surface area contributed by atoms with Crippen LogP contribution in [0.5, 0.6) is 0 Å². The van der Waals surface area contributed by atoms with Crippen LogP contribution in [0, 0.1) is 6.92 Å². The van der Waals surface area contributed by atoms with Crippen LogP contribution < -0.4 is 9.47 Å². The van der Waals surface area contributed by atoms with Crippen molar-refractivity contribution in [1.29, 1.82) is 0 Å². The van der Waals surface area contributed by atoms with Crippen molar-refractivity contribution in [3.8, 4) is 11.3 Å². The van der Waals surface area contributed by atoms with E-state index in [1.54, 1.807) is 0 Å². The third kappa shape index (κ3) is 2.81. The average Bonchev–Trinajstić information content (AvgIpc) is 2.58. The Bertz CT molecular complexity index is 832. The van der Waals surface area contributed by atoms with Gasteiger partial charge in [-0.2, -0.15) is 0 Å². The van der Waals surface area contributed by atoms with Gasteiger partial charge in [0, 0.05) is 24.8 Å². The molecule has 2 nitrogen and oxygen atoms in total. The van der Waals surface area contributed by atoms with Crippen LogP contribution in [0.2, 0.25) is 0 Å². The van der Waals surface area contributed by atoms with Crippen molar-refractivity contribution >= 4 is 16.5 Å². The zero-order valence-corrected chi connectivity index (χ0v) is 14.5. The van der Waals surface area contributed by atoms with E-state index in [1.807, 2.05) is 0 Å². The summed E-state index contributed by atoms with van der Waals surface area (Å²) < 4.78 is 2.23. The van der Waals surface area contributed by atoms with E-state index in [0.717, 1.165) is 13.1 Å². The highest BCUT2D eigenvalue weighted by Gasteiger charge is 2.18. The molecule has 0 atom stereocenters. The van der Waals surface area contributed by atoms with Gasteiger partial charge in [-0.15, -0.1) is 0 Å². The SMILES string of the molecule is CCN(CC)c1ccc(C)c(-c2c3ccccc3cc[n+]2C)c1. The number of benzene rings is 2. The largest absolute Gasteiger partial charge is 0.372 e. The molecular formula is C21H25N2+. The van der Waals surface area contributed by atoms with E-state index in [0.29, 0.717) is 0 Å². The summed E-state index contributed by atoms with van der Waals surface area (Å²) in [6.45, 7) is 8.67. The average molecular weight is 305 g/mol. The van der Waals surface area contributed by atoms with E-state index in [4.69, 9.17) is 0 Å². The fourth-order valence-corrected chi connectivity index (χ4v) is 3.30. The molecule has 0 saturated heterocycles. The third-order valence-corrected chi connectivity index (χ3v) is 4.65. The van der Waals surface area contributed by atoms with Gasteiger partial charge in [-0.1, -0.05) is 24.3 Å². The second kappa shape index (κ2) is 6.41. The quantitative estimate of drug-likeness (QED) is 0.644. The summed E-state index contributed by atoms with van der Waals surface area (Å²) in [6, 6.07) is 17.6. The molecule has 0 saturated carbocycles. The summed E-state index contributed by atoms with van der Waals surface area (Å²) in [6.07, 6.45) is 2.15. The molecule has 0 bridgehead atoms. The Balaban J connectivity index is 2.26. The Hall–Kier alpha value is -2.35. The van der Waals surface area contributed by atoms with Gasteiger partial charge in [0.15, 0.2) is 6.20 Å². The van der Waals surface area contributed by atoms with E-state index in [2.05, 4.69) is 92.0 Å². The highest BCUT2D eigenvalue weighted by Crippen LogP contribution is 2.30. The van der Waals surface area contributed by atoms with Crippen LogP contribution in [-0.2, 0) is 7.05 Å². The maximum absolute atomic E-state index is 2.40. The minimum atomic E-state index is 1.03. The van der Waals surface area contributed by atoms with Crippen LogP contribution in [0.25, 0.3) is 22.0 Å². The van der Waals surface area contributed by atoms with Crippen molar-refractivity contribution < 1.29 is 4.57 Å². The minimum absolute atomic E-state index is 1.03. The van der Waals surface area contributed by atoms with Gasteiger partial charge in [0.2, 0.25) is 5.69 Å². The normalized spacial score (nSPS) is 11.0. The molecule has 118 valence electrons. The first-order chi connectivity index (χ1) is 11.2. The lowest BCUT2D eigenvalue weighted by molar-refractivity contribution is -0.659. The van der Waals surface area contributed by atoms with Crippen molar-refractivity contribution in [2.75, 3.05) is 18.0 Å². The Labute approximate surface area is 139 Å². The molecule has 2 aromatic carbocycles. The molecule has 0 radical (unpaired) electrons. The molecule has 0 aliphatic heterocycles. The number of fused-ring (bicyclic) bond motifs is 1. The first-order valence-electron chi connectivity index (χ1n) is 8.39. The highest BCUT2D eigenvalue weighted by atomic mass is 15.1. The monoisotopic (exact) mass is 305 g/mol. The second-order valence-electron chi connectivity index (χ2n) is 6.03. The maximum atomic E-state index is 2.40. The van der Waals surface area contributed by atoms with Crippen LogP contribution >= 0.6 is 0 Å². The van der Waals surface area contributed by atoms with Crippen molar-refractivity contribution in [2.24, 2.45) is 7.05 Å². The third-order valence-electron chi connectivity index (χ3n) is 4.65. The van der Waals surface area contributed by atoms with E-state index in [1.165, 1.54) is 33.3 Å². The predicted octanol–water partition coefficient (Wildman–Crippen LogP) is 4.49. The van der Waals surface area contributed by atoms with E-state index in [-0.39, 0.29) is 0 Å². The number of hydrogen-bond acceptors (Lipinski definition) is 1. The van der Waals surface area contributed by atoms with Gasteiger partial charge < -0.3 is 4.90 Å². The summed E-state index contributed by atoms with van der Waals surface area (Å²) in [5.74, 6) is 0. The van der Waals surface area contributed by atoms with Gasteiger partial charge >= 0.3 is 0 Å². The molecule has 1 aromatic heterocycles. The van der Waals surface area contributed by atoms with Gasteiger partial charge in [0.1, 0.15) is 7.05 Å². The minimum Gasteiger partial charge on any atom is -0.372 e. The molecule has 0 amide bonds. The molecule has 0 unspecified atom stereocenters.